The highest BCUT2D eigenvalue weighted by Gasteiger charge is 2.34. The summed E-state index contributed by atoms with van der Waals surface area (Å²) in [6, 6.07) is -0.838. The second-order valence-corrected chi connectivity index (χ2v) is 2.77. The third-order valence-corrected chi connectivity index (χ3v) is 1.60. The smallest absolute Gasteiger partial charge is 0.300 e. The van der Waals surface area contributed by atoms with Crippen molar-refractivity contribution in [2.24, 2.45) is 5.92 Å². The molecule has 1 fully saturated rings. The van der Waals surface area contributed by atoms with Gasteiger partial charge in [0.05, 0.1) is 0 Å². The number of carbonyl (C=O) groups excluding carboxylic acids is 4. The first kappa shape index (κ1) is 9.37. The van der Waals surface area contributed by atoms with Crippen molar-refractivity contribution in [3.63, 3.8) is 0 Å². The molecule has 6 nitrogen and oxygen atoms in total. The van der Waals surface area contributed by atoms with Gasteiger partial charge in [0.1, 0.15) is 11.7 Å². The van der Waals surface area contributed by atoms with Crippen LogP contribution in [0.1, 0.15) is 13.3 Å². The highest BCUT2D eigenvalue weighted by molar-refractivity contribution is 6.17. The molecule has 1 saturated heterocycles. The average molecular weight is 184 g/mol. The lowest BCUT2D eigenvalue weighted by atomic mass is 10.00. The van der Waals surface area contributed by atoms with E-state index in [1.807, 2.05) is 10.6 Å². The molecule has 0 aliphatic carbocycles. The summed E-state index contributed by atoms with van der Waals surface area (Å²) < 4.78 is 0. The van der Waals surface area contributed by atoms with Crippen molar-refractivity contribution in [2.45, 2.75) is 13.3 Å². The van der Waals surface area contributed by atoms with Gasteiger partial charge in [-0.05, 0) is 6.92 Å². The Bertz CT molecular complexity index is 277. The first-order chi connectivity index (χ1) is 6.00. The molecular formula is C7H8N2O4. The fourth-order valence-electron chi connectivity index (χ4n) is 1.02. The first-order valence-corrected chi connectivity index (χ1v) is 3.66. The number of carbonyl (C=O) groups is 4. The van der Waals surface area contributed by atoms with E-state index in [1.165, 1.54) is 6.92 Å². The van der Waals surface area contributed by atoms with E-state index in [9.17, 15) is 19.2 Å². The SMILES string of the molecule is CC(=O)CC1C(=O)NC(=O)NC1=O. The van der Waals surface area contributed by atoms with Crippen molar-refractivity contribution in [2.75, 3.05) is 0 Å². The molecule has 13 heavy (non-hydrogen) atoms. The van der Waals surface area contributed by atoms with Gasteiger partial charge in [0, 0.05) is 6.42 Å². The van der Waals surface area contributed by atoms with Gasteiger partial charge >= 0.3 is 6.03 Å². The second-order valence-electron chi connectivity index (χ2n) is 2.77. The molecule has 1 aliphatic heterocycles. The third-order valence-electron chi connectivity index (χ3n) is 1.60. The van der Waals surface area contributed by atoms with E-state index >= 15 is 0 Å². The minimum atomic E-state index is -1.07. The lowest BCUT2D eigenvalue weighted by Gasteiger charge is -2.19. The molecule has 0 aromatic rings. The molecule has 0 spiro atoms. The highest BCUT2D eigenvalue weighted by Crippen LogP contribution is 2.07. The Morgan fingerprint density at radius 1 is 1.23 bits per heavy atom. The molecule has 0 unspecified atom stereocenters. The third kappa shape index (κ3) is 2.11. The number of hydrogen-bond acceptors (Lipinski definition) is 4. The molecule has 0 aromatic heterocycles. The van der Waals surface area contributed by atoms with Gasteiger partial charge in [0.2, 0.25) is 11.8 Å². The maximum Gasteiger partial charge on any atom is 0.328 e. The molecule has 70 valence electrons. The van der Waals surface area contributed by atoms with Crippen LogP contribution in [0.5, 0.6) is 0 Å². The van der Waals surface area contributed by atoms with E-state index in [1.54, 1.807) is 0 Å². The predicted octanol–water partition coefficient (Wildman–Crippen LogP) is -1.05. The number of barbiturate groups is 1. The Kier molecular flexibility index (Phi) is 2.41. The lowest BCUT2D eigenvalue weighted by Crippen LogP contribution is -2.56. The van der Waals surface area contributed by atoms with Crippen LogP contribution < -0.4 is 10.6 Å². The maximum absolute atomic E-state index is 11.0. The largest absolute Gasteiger partial charge is 0.328 e. The zero-order valence-corrected chi connectivity index (χ0v) is 6.92. The van der Waals surface area contributed by atoms with Crippen molar-refractivity contribution in [3.05, 3.63) is 0 Å². The van der Waals surface area contributed by atoms with E-state index in [0.29, 0.717) is 0 Å². The number of urea groups is 1. The molecule has 6 heteroatoms. The normalized spacial score (nSPS) is 18.1. The lowest BCUT2D eigenvalue weighted by molar-refractivity contribution is -0.138. The molecule has 4 amide bonds. The van der Waals surface area contributed by atoms with Crippen LogP contribution in [0, 0.1) is 5.92 Å². The van der Waals surface area contributed by atoms with E-state index < -0.39 is 23.8 Å². The summed E-state index contributed by atoms with van der Waals surface area (Å²) in [5, 5.41) is 3.81. The Balaban J connectivity index is 2.73. The molecule has 2 N–H and O–H groups in total. The summed E-state index contributed by atoms with van der Waals surface area (Å²) in [5.74, 6) is -2.78. The van der Waals surface area contributed by atoms with Gasteiger partial charge in [-0.25, -0.2) is 4.79 Å². The van der Waals surface area contributed by atoms with Crippen molar-refractivity contribution in [1.29, 1.82) is 0 Å². The Morgan fingerprint density at radius 3 is 2.08 bits per heavy atom. The van der Waals surface area contributed by atoms with E-state index in [0.717, 1.165) is 0 Å². The molecule has 0 saturated carbocycles. The van der Waals surface area contributed by atoms with Gasteiger partial charge in [-0.2, -0.15) is 0 Å². The number of imide groups is 2. The van der Waals surface area contributed by atoms with Crippen molar-refractivity contribution < 1.29 is 19.2 Å². The van der Waals surface area contributed by atoms with Crippen LogP contribution in [0.25, 0.3) is 0 Å². The van der Waals surface area contributed by atoms with Gasteiger partial charge in [-0.15, -0.1) is 0 Å². The van der Waals surface area contributed by atoms with E-state index in [2.05, 4.69) is 0 Å². The van der Waals surface area contributed by atoms with Gasteiger partial charge in [-0.1, -0.05) is 0 Å². The summed E-state index contributed by atoms with van der Waals surface area (Å²) in [6.45, 7) is 1.27. The second kappa shape index (κ2) is 3.34. The molecule has 1 heterocycles. The summed E-state index contributed by atoms with van der Waals surface area (Å²) in [4.78, 5) is 43.2. The highest BCUT2D eigenvalue weighted by atomic mass is 16.2. The standard InChI is InChI=1S/C7H8N2O4/c1-3(10)2-4-5(11)8-7(13)9-6(4)12/h4H,2H2,1H3,(H2,8,9,11,12,13). The van der Waals surface area contributed by atoms with E-state index in [4.69, 9.17) is 0 Å². The van der Waals surface area contributed by atoms with Crippen LogP contribution in [-0.2, 0) is 14.4 Å². The molecule has 0 aromatic carbocycles. The number of hydrogen-bond donors (Lipinski definition) is 2. The molecule has 0 atom stereocenters. The number of rotatable bonds is 2. The maximum atomic E-state index is 11.0. The van der Waals surface area contributed by atoms with Crippen LogP contribution in [0.2, 0.25) is 0 Å². The fraction of sp³-hybridized carbons (Fsp3) is 0.429. The van der Waals surface area contributed by atoms with Gasteiger partial charge < -0.3 is 0 Å². The zero-order valence-electron chi connectivity index (χ0n) is 6.92. The molecule has 0 bridgehead atoms. The molecular weight excluding hydrogens is 176 g/mol. The number of Topliss-reactive ketones (excluding diaryl/α,β-unsaturated/α-hetero) is 1. The van der Waals surface area contributed by atoms with Gasteiger partial charge in [0.25, 0.3) is 0 Å². The number of nitrogens with one attached hydrogen (secondary N) is 2. The topological polar surface area (TPSA) is 92.3 Å². The first-order valence-electron chi connectivity index (χ1n) is 3.66. The minimum absolute atomic E-state index is 0.176. The minimum Gasteiger partial charge on any atom is -0.300 e. The van der Waals surface area contributed by atoms with Gasteiger partial charge in [0.15, 0.2) is 0 Å². The van der Waals surface area contributed by atoms with Gasteiger partial charge in [-0.3, -0.25) is 25.0 Å². The quantitative estimate of drug-likeness (QED) is 0.535. The number of ketones is 1. The van der Waals surface area contributed by atoms with Crippen LogP contribution in [0.4, 0.5) is 4.79 Å². The Morgan fingerprint density at radius 2 is 1.69 bits per heavy atom. The van der Waals surface area contributed by atoms with Crippen molar-refractivity contribution in [1.82, 2.24) is 10.6 Å². The summed E-state index contributed by atoms with van der Waals surface area (Å²) in [5.41, 5.74) is 0. The van der Waals surface area contributed by atoms with E-state index in [-0.39, 0.29) is 12.2 Å². The molecule has 1 aliphatic rings. The summed E-state index contributed by atoms with van der Waals surface area (Å²) >= 11 is 0. The summed E-state index contributed by atoms with van der Waals surface area (Å²) in [6.07, 6.45) is -0.176. The Hall–Kier alpha value is -1.72. The number of amides is 4. The summed E-state index contributed by atoms with van der Waals surface area (Å²) in [7, 11) is 0. The average Bonchev–Trinajstić information content (AvgIpc) is 1.96. The van der Waals surface area contributed by atoms with Crippen LogP contribution in [-0.4, -0.2) is 23.6 Å². The Labute approximate surface area is 73.7 Å². The molecule has 1 rings (SSSR count). The monoisotopic (exact) mass is 184 g/mol. The van der Waals surface area contributed by atoms with Crippen LogP contribution in [0.15, 0.2) is 0 Å². The van der Waals surface area contributed by atoms with Crippen LogP contribution in [0.3, 0.4) is 0 Å². The molecule has 0 radical (unpaired) electrons. The zero-order chi connectivity index (χ0) is 10.0. The van der Waals surface area contributed by atoms with Crippen molar-refractivity contribution >= 4 is 23.6 Å². The fourth-order valence-corrected chi connectivity index (χ4v) is 1.02. The van der Waals surface area contributed by atoms with Crippen molar-refractivity contribution in [3.8, 4) is 0 Å². The predicted molar refractivity (Wildman–Crippen MR) is 40.5 cm³/mol. The van der Waals surface area contributed by atoms with Crippen LogP contribution >= 0.6 is 0 Å².